The van der Waals surface area contributed by atoms with E-state index in [-0.39, 0.29) is 18.3 Å². The van der Waals surface area contributed by atoms with Gasteiger partial charge in [0.15, 0.2) is 0 Å². The lowest BCUT2D eigenvalue weighted by molar-refractivity contribution is -0.0245. The smallest absolute Gasteiger partial charge is 0.382 e. The standard InChI is InChI=1S/C9H19O6PS/c1-6-8(12-3)9(7(14-6)5-11-2)15-16(10,17)13-4/h6-9H,5H2,1-4H3,(H,10,17)/t6-,7+,8+,9?,16?/m0/s1. The fraction of sp³-hybridized carbons (Fsp3) is 1.00. The molecule has 0 aromatic rings. The van der Waals surface area contributed by atoms with Gasteiger partial charge in [0.05, 0.1) is 12.7 Å². The molecule has 0 bridgehead atoms. The zero-order valence-electron chi connectivity index (χ0n) is 10.4. The van der Waals surface area contributed by atoms with Crippen LogP contribution in [0.3, 0.4) is 0 Å². The van der Waals surface area contributed by atoms with Crippen molar-refractivity contribution in [2.75, 3.05) is 27.9 Å². The van der Waals surface area contributed by atoms with E-state index in [0.717, 1.165) is 0 Å². The zero-order valence-corrected chi connectivity index (χ0v) is 12.1. The summed E-state index contributed by atoms with van der Waals surface area (Å²) in [7, 11) is 4.38. The second-order valence-electron chi connectivity index (χ2n) is 3.76. The highest BCUT2D eigenvalue weighted by Crippen LogP contribution is 2.54. The highest BCUT2D eigenvalue weighted by Gasteiger charge is 2.46. The minimum absolute atomic E-state index is 0.171. The summed E-state index contributed by atoms with van der Waals surface area (Å²) in [6.45, 7) is -1.20. The summed E-state index contributed by atoms with van der Waals surface area (Å²) in [5.74, 6) is 0. The lowest BCUT2D eigenvalue weighted by atomic mass is 10.1. The van der Waals surface area contributed by atoms with Crippen molar-refractivity contribution in [3.63, 3.8) is 0 Å². The number of hydrogen-bond acceptors (Lipinski definition) is 6. The van der Waals surface area contributed by atoms with Crippen LogP contribution in [0.1, 0.15) is 6.92 Å². The molecule has 0 spiro atoms. The molecule has 1 aliphatic heterocycles. The maximum absolute atomic E-state index is 11.7. The van der Waals surface area contributed by atoms with E-state index in [9.17, 15) is 4.57 Å². The second-order valence-corrected chi connectivity index (χ2v) is 6.74. The van der Waals surface area contributed by atoms with Gasteiger partial charge in [0.1, 0.15) is 18.3 Å². The average molecular weight is 286 g/mol. The molecule has 0 N–H and O–H groups in total. The van der Waals surface area contributed by atoms with E-state index < -0.39 is 12.9 Å². The Morgan fingerprint density at radius 2 is 1.94 bits per heavy atom. The number of rotatable bonds is 6. The van der Waals surface area contributed by atoms with Crippen LogP contribution in [0.4, 0.5) is 0 Å². The third-order valence-corrected chi connectivity index (χ3v) is 4.38. The zero-order chi connectivity index (χ0) is 13.1. The molecule has 8 heteroatoms. The van der Waals surface area contributed by atoms with Gasteiger partial charge in [0, 0.05) is 21.3 Å². The molecule has 2 unspecified atom stereocenters. The van der Waals surface area contributed by atoms with Gasteiger partial charge in [0.2, 0.25) is 0 Å². The Labute approximate surface area is 107 Å². The quantitative estimate of drug-likeness (QED) is 0.590. The van der Waals surface area contributed by atoms with E-state index in [0.29, 0.717) is 6.61 Å². The van der Waals surface area contributed by atoms with Crippen LogP contribution in [0.5, 0.6) is 0 Å². The Hall–Kier alpha value is 0.380. The summed E-state index contributed by atoms with van der Waals surface area (Å²) in [4.78, 5) is 0. The monoisotopic (exact) mass is 286 g/mol. The lowest BCUT2D eigenvalue weighted by Gasteiger charge is -2.24. The van der Waals surface area contributed by atoms with E-state index in [1.807, 2.05) is 6.92 Å². The fourth-order valence-electron chi connectivity index (χ4n) is 1.86. The van der Waals surface area contributed by atoms with Crippen molar-refractivity contribution < 1.29 is 27.8 Å². The highest BCUT2D eigenvalue weighted by atomic mass is 32.7. The minimum atomic E-state index is -3.38. The molecule has 0 saturated carbocycles. The first-order valence-electron chi connectivity index (χ1n) is 5.19. The SMILES string of the molecule is COC[C@H]1O[C@@H](C)[C@@H](OC)C1OP(=O)(S)OC. The molecule has 102 valence electrons. The normalized spacial score (nSPS) is 37.0. The maximum atomic E-state index is 11.7. The summed E-state index contributed by atoms with van der Waals surface area (Å²) < 4.78 is 37.7. The van der Waals surface area contributed by atoms with Crippen molar-refractivity contribution in [1.29, 1.82) is 0 Å². The third-order valence-electron chi connectivity index (χ3n) is 2.63. The van der Waals surface area contributed by atoms with Gasteiger partial charge in [-0.05, 0) is 6.92 Å². The molecule has 0 aliphatic carbocycles. The molecule has 1 aliphatic rings. The van der Waals surface area contributed by atoms with Gasteiger partial charge < -0.3 is 18.7 Å². The van der Waals surface area contributed by atoms with Gasteiger partial charge in [-0.15, -0.1) is 0 Å². The van der Waals surface area contributed by atoms with Crippen LogP contribution >= 0.6 is 19.0 Å². The number of methoxy groups -OCH3 is 2. The van der Waals surface area contributed by atoms with E-state index in [4.69, 9.17) is 23.3 Å². The van der Waals surface area contributed by atoms with Gasteiger partial charge >= 0.3 is 6.80 Å². The topological polar surface area (TPSA) is 63.2 Å². The molecule has 0 amide bonds. The van der Waals surface area contributed by atoms with E-state index in [1.165, 1.54) is 7.11 Å². The van der Waals surface area contributed by atoms with Crippen LogP contribution in [0.15, 0.2) is 0 Å². The van der Waals surface area contributed by atoms with Gasteiger partial charge in [-0.25, -0.2) is 4.57 Å². The Morgan fingerprint density at radius 1 is 1.29 bits per heavy atom. The van der Waals surface area contributed by atoms with Crippen LogP contribution in [-0.2, 0) is 27.8 Å². The molecule has 1 fully saturated rings. The molecule has 1 rings (SSSR count). The Kier molecular flexibility index (Phi) is 5.92. The Morgan fingerprint density at radius 3 is 2.41 bits per heavy atom. The summed E-state index contributed by atoms with van der Waals surface area (Å²) in [6.07, 6.45) is -1.38. The summed E-state index contributed by atoms with van der Waals surface area (Å²) >= 11 is 3.84. The van der Waals surface area contributed by atoms with E-state index in [2.05, 4.69) is 12.2 Å². The van der Waals surface area contributed by atoms with Crippen molar-refractivity contribution >= 4 is 19.0 Å². The number of thiol groups is 1. The maximum Gasteiger partial charge on any atom is 0.386 e. The molecule has 0 aromatic carbocycles. The molecule has 0 radical (unpaired) electrons. The van der Waals surface area contributed by atoms with Crippen molar-refractivity contribution in [3.05, 3.63) is 0 Å². The van der Waals surface area contributed by atoms with Crippen LogP contribution in [0.2, 0.25) is 0 Å². The van der Waals surface area contributed by atoms with Crippen LogP contribution in [0.25, 0.3) is 0 Å². The Balaban J connectivity index is 2.77. The predicted octanol–water partition coefficient (Wildman–Crippen LogP) is 1.50. The van der Waals surface area contributed by atoms with E-state index >= 15 is 0 Å². The molecule has 5 atom stereocenters. The number of hydrogen-bond donors (Lipinski definition) is 1. The van der Waals surface area contributed by atoms with Crippen molar-refractivity contribution in [1.82, 2.24) is 0 Å². The average Bonchev–Trinajstić information content (AvgIpc) is 2.55. The van der Waals surface area contributed by atoms with Gasteiger partial charge in [-0.3, -0.25) is 4.52 Å². The Bertz CT molecular complexity index is 289. The van der Waals surface area contributed by atoms with Crippen molar-refractivity contribution in [2.45, 2.75) is 31.3 Å². The largest absolute Gasteiger partial charge is 0.386 e. The molecule has 17 heavy (non-hydrogen) atoms. The van der Waals surface area contributed by atoms with Gasteiger partial charge in [-0.1, -0.05) is 12.2 Å². The van der Waals surface area contributed by atoms with Gasteiger partial charge in [0.25, 0.3) is 0 Å². The molecule has 6 nitrogen and oxygen atoms in total. The molecule has 1 saturated heterocycles. The molecule has 0 aromatic heterocycles. The second kappa shape index (κ2) is 6.52. The predicted molar refractivity (Wildman–Crippen MR) is 65.5 cm³/mol. The third kappa shape index (κ3) is 3.92. The lowest BCUT2D eigenvalue weighted by Crippen LogP contribution is -2.37. The highest BCUT2D eigenvalue weighted by molar-refractivity contribution is 8.44. The molecule has 1 heterocycles. The molecular formula is C9H19O6PS. The van der Waals surface area contributed by atoms with E-state index in [1.54, 1.807) is 14.2 Å². The van der Waals surface area contributed by atoms with Crippen molar-refractivity contribution in [2.24, 2.45) is 0 Å². The summed E-state index contributed by atoms with van der Waals surface area (Å²) in [5, 5.41) is 0. The summed E-state index contributed by atoms with van der Waals surface area (Å²) in [6, 6.07) is 0. The number of ether oxygens (including phenoxy) is 3. The first kappa shape index (κ1) is 15.4. The van der Waals surface area contributed by atoms with Crippen LogP contribution < -0.4 is 0 Å². The van der Waals surface area contributed by atoms with Crippen LogP contribution in [0, 0.1) is 0 Å². The van der Waals surface area contributed by atoms with Gasteiger partial charge in [-0.2, -0.15) is 0 Å². The first-order chi connectivity index (χ1) is 7.95. The summed E-state index contributed by atoms with van der Waals surface area (Å²) in [5.41, 5.74) is 0. The fourth-order valence-corrected chi connectivity index (χ4v) is 2.83. The molecular weight excluding hydrogens is 267 g/mol. The first-order valence-corrected chi connectivity index (χ1v) is 7.88. The minimum Gasteiger partial charge on any atom is -0.382 e. The van der Waals surface area contributed by atoms with Crippen molar-refractivity contribution in [3.8, 4) is 0 Å². The van der Waals surface area contributed by atoms with Crippen LogP contribution in [-0.4, -0.2) is 52.4 Å².